The maximum atomic E-state index is 13.5. The summed E-state index contributed by atoms with van der Waals surface area (Å²) in [5.74, 6) is -4.33. The zero-order valence-corrected chi connectivity index (χ0v) is 9.93. The second kappa shape index (κ2) is 5.85. The van der Waals surface area contributed by atoms with Gasteiger partial charge in [-0.25, -0.2) is 8.78 Å². The van der Waals surface area contributed by atoms with Gasteiger partial charge in [0.15, 0.2) is 5.78 Å². The Balaban J connectivity index is 3.15. The van der Waals surface area contributed by atoms with Crippen LogP contribution in [0.5, 0.6) is 0 Å². The lowest BCUT2D eigenvalue weighted by molar-refractivity contribution is -0.141. The molecule has 7 heteroatoms. The molecule has 0 saturated carbocycles. The van der Waals surface area contributed by atoms with E-state index in [0.29, 0.717) is 6.07 Å². The van der Waals surface area contributed by atoms with E-state index in [2.05, 4.69) is 0 Å². The Bertz CT molecular complexity index is 515. The van der Waals surface area contributed by atoms with E-state index in [1.165, 1.54) is 0 Å². The van der Waals surface area contributed by atoms with Crippen molar-refractivity contribution in [2.45, 2.75) is 25.6 Å². The number of hydrogen-bond acceptors (Lipinski definition) is 4. The van der Waals surface area contributed by atoms with Crippen molar-refractivity contribution in [1.29, 1.82) is 0 Å². The van der Waals surface area contributed by atoms with Crippen LogP contribution in [0.3, 0.4) is 0 Å². The van der Waals surface area contributed by atoms with Crippen molar-refractivity contribution in [3.63, 3.8) is 0 Å². The van der Waals surface area contributed by atoms with Gasteiger partial charge in [-0.1, -0.05) is 0 Å². The number of hydrogen-bond donors (Lipinski definition) is 3. The van der Waals surface area contributed by atoms with Crippen LogP contribution in [-0.4, -0.2) is 33.2 Å². The Labute approximate surface area is 107 Å². The quantitative estimate of drug-likeness (QED) is 0.697. The second-order valence-electron chi connectivity index (χ2n) is 4.02. The van der Waals surface area contributed by atoms with Crippen LogP contribution in [0.2, 0.25) is 0 Å². The lowest BCUT2D eigenvalue weighted by Gasteiger charge is -2.18. The number of aliphatic hydroxyl groups excluding tert-OH is 2. The number of carbonyl (C=O) groups is 2. The molecule has 0 aliphatic rings. The van der Waals surface area contributed by atoms with E-state index in [1.807, 2.05) is 0 Å². The number of aliphatic hydroxyl groups is 2. The molecule has 5 nitrogen and oxygen atoms in total. The lowest BCUT2D eigenvalue weighted by Crippen LogP contribution is -2.23. The van der Waals surface area contributed by atoms with Gasteiger partial charge >= 0.3 is 5.97 Å². The summed E-state index contributed by atoms with van der Waals surface area (Å²) in [4.78, 5) is 21.5. The van der Waals surface area contributed by atoms with E-state index in [9.17, 15) is 28.6 Å². The van der Waals surface area contributed by atoms with Crippen LogP contribution in [-0.2, 0) is 4.79 Å². The van der Waals surface area contributed by atoms with E-state index < -0.39 is 53.1 Å². The molecule has 2 unspecified atom stereocenters. The normalized spacial score (nSPS) is 13.9. The number of aliphatic carboxylic acids is 1. The number of halogens is 2. The molecule has 3 N–H and O–H groups in total. The average molecular weight is 274 g/mol. The molecule has 2 atom stereocenters. The van der Waals surface area contributed by atoms with Gasteiger partial charge in [-0.15, -0.1) is 0 Å². The highest BCUT2D eigenvalue weighted by Crippen LogP contribution is 2.25. The third-order valence-corrected chi connectivity index (χ3v) is 2.53. The van der Waals surface area contributed by atoms with Crippen molar-refractivity contribution in [3.05, 3.63) is 34.9 Å². The number of carboxylic acid groups (broad SMARTS) is 1. The third kappa shape index (κ3) is 3.55. The minimum Gasteiger partial charge on any atom is -0.481 e. The molecule has 0 saturated heterocycles. The van der Waals surface area contributed by atoms with Crippen molar-refractivity contribution >= 4 is 11.8 Å². The summed E-state index contributed by atoms with van der Waals surface area (Å²) in [6.45, 7) is 1.06. The van der Waals surface area contributed by atoms with Crippen molar-refractivity contribution in [2.24, 2.45) is 0 Å². The molecule has 1 aromatic rings. The van der Waals surface area contributed by atoms with Gasteiger partial charge in [0.1, 0.15) is 17.7 Å². The van der Waals surface area contributed by atoms with Gasteiger partial charge in [0, 0.05) is 11.6 Å². The number of carbonyl (C=O) groups excluding carboxylic acids is 1. The highest BCUT2D eigenvalue weighted by molar-refractivity contribution is 5.94. The fraction of sp³-hybridized carbons (Fsp3) is 0.333. The topological polar surface area (TPSA) is 94.8 Å². The monoisotopic (exact) mass is 274 g/mol. The Hall–Kier alpha value is -1.86. The summed E-state index contributed by atoms with van der Waals surface area (Å²) in [7, 11) is 0. The van der Waals surface area contributed by atoms with Crippen LogP contribution < -0.4 is 0 Å². The number of carboxylic acids is 1. The molecular weight excluding hydrogens is 262 g/mol. The molecule has 0 aliphatic carbocycles. The van der Waals surface area contributed by atoms with Crippen LogP contribution in [0.4, 0.5) is 8.78 Å². The van der Waals surface area contributed by atoms with E-state index in [1.54, 1.807) is 0 Å². The lowest BCUT2D eigenvalue weighted by atomic mass is 9.98. The smallest absolute Gasteiger partial charge is 0.306 e. The molecule has 0 aromatic heterocycles. The van der Waals surface area contributed by atoms with Crippen molar-refractivity contribution in [2.75, 3.05) is 0 Å². The highest BCUT2D eigenvalue weighted by atomic mass is 19.1. The number of rotatable bonds is 5. The molecule has 0 aliphatic heterocycles. The number of Topliss-reactive ketones (excluding diaryl/α,β-unsaturated/α-hetero) is 1. The van der Waals surface area contributed by atoms with Crippen LogP contribution in [0.25, 0.3) is 0 Å². The predicted molar refractivity (Wildman–Crippen MR) is 59.6 cm³/mol. The van der Waals surface area contributed by atoms with Crippen LogP contribution in [0.15, 0.2) is 12.1 Å². The van der Waals surface area contributed by atoms with Crippen molar-refractivity contribution in [1.82, 2.24) is 0 Å². The average Bonchev–Trinajstić information content (AvgIpc) is 2.26. The first kappa shape index (κ1) is 15.2. The van der Waals surface area contributed by atoms with Gasteiger partial charge in [0.25, 0.3) is 0 Å². The molecule has 1 aromatic carbocycles. The Morgan fingerprint density at radius 3 is 2.26 bits per heavy atom. The minimum absolute atomic E-state index is 0.406. The Morgan fingerprint density at radius 1 is 1.21 bits per heavy atom. The van der Waals surface area contributed by atoms with Crippen LogP contribution >= 0.6 is 0 Å². The van der Waals surface area contributed by atoms with Crippen LogP contribution in [0, 0.1) is 11.6 Å². The van der Waals surface area contributed by atoms with Gasteiger partial charge in [-0.3, -0.25) is 9.59 Å². The standard InChI is InChI=1S/C12H12F2O5/c1-5(15)6-2-7(9(14)3-8(6)13)12(19)10(16)4-11(17)18/h2-3,10,12,16,19H,4H2,1H3,(H,17,18). The number of ketones is 1. The summed E-state index contributed by atoms with van der Waals surface area (Å²) < 4.78 is 26.7. The molecule has 0 bridgehead atoms. The third-order valence-electron chi connectivity index (χ3n) is 2.53. The fourth-order valence-corrected chi connectivity index (χ4v) is 1.56. The van der Waals surface area contributed by atoms with Crippen molar-refractivity contribution in [3.8, 4) is 0 Å². The Morgan fingerprint density at radius 2 is 1.79 bits per heavy atom. The molecule has 104 valence electrons. The minimum atomic E-state index is -1.87. The SMILES string of the molecule is CC(=O)c1cc(C(O)C(O)CC(=O)O)c(F)cc1F. The molecule has 0 amide bonds. The maximum absolute atomic E-state index is 13.5. The summed E-state index contributed by atoms with van der Waals surface area (Å²) in [5, 5.41) is 27.5. The van der Waals surface area contributed by atoms with Gasteiger partial charge < -0.3 is 15.3 Å². The first-order valence-corrected chi connectivity index (χ1v) is 5.31. The predicted octanol–water partition coefficient (Wildman–Crippen LogP) is 1.04. The summed E-state index contributed by atoms with van der Waals surface area (Å²) in [6, 6.07) is 1.17. The first-order valence-electron chi connectivity index (χ1n) is 5.31. The maximum Gasteiger partial charge on any atom is 0.306 e. The second-order valence-corrected chi connectivity index (χ2v) is 4.02. The zero-order chi connectivity index (χ0) is 14.7. The van der Waals surface area contributed by atoms with E-state index in [4.69, 9.17) is 5.11 Å². The van der Waals surface area contributed by atoms with Gasteiger partial charge in [0.2, 0.25) is 0 Å². The first-order chi connectivity index (χ1) is 8.73. The largest absolute Gasteiger partial charge is 0.481 e. The zero-order valence-electron chi connectivity index (χ0n) is 9.93. The molecule has 0 heterocycles. The van der Waals surface area contributed by atoms with Gasteiger partial charge in [-0.2, -0.15) is 0 Å². The molecule has 0 fully saturated rings. The summed E-state index contributed by atoms with van der Waals surface area (Å²) >= 11 is 0. The highest BCUT2D eigenvalue weighted by Gasteiger charge is 2.25. The van der Waals surface area contributed by atoms with E-state index in [-0.39, 0.29) is 0 Å². The molecule has 19 heavy (non-hydrogen) atoms. The van der Waals surface area contributed by atoms with E-state index >= 15 is 0 Å². The van der Waals surface area contributed by atoms with E-state index in [0.717, 1.165) is 13.0 Å². The molecule has 0 radical (unpaired) electrons. The van der Waals surface area contributed by atoms with Crippen LogP contribution in [0.1, 0.15) is 35.4 Å². The molecule has 1 rings (SSSR count). The van der Waals surface area contributed by atoms with Gasteiger partial charge in [-0.05, 0) is 13.0 Å². The summed E-state index contributed by atoms with van der Waals surface area (Å²) in [5.41, 5.74) is -0.974. The fourth-order valence-electron chi connectivity index (χ4n) is 1.56. The van der Waals surface area contributed by atoms with Crippen molar-refractivity contribution < 1.29 is 33.7 Å². The molecular formula is C12H12F2O5. The van der Waals surface area contributed by atoms with Gasteiger partial charge in [0.05, 0.1) is 18.1 Å². The number of benzene rings is 1. The molecule has 0 spiro atoms. The summed E-state index contributed by atoms with van der Waals surface area (Å²) in [6.07, 6.45) is -4.44. The Kier molecular flexibility index (Phi) is 4.68.